The number of alkyl carbamates (subject to hydrolysis) is 2. The molecule has 0 radical (unpaired) electrons. The monoisotopic (exact) mass is 864 g/mol. The quantitative estimate of drug-likeness (QED) is 0.0734. The Morgan fingerprint density at radius 3 is 2.15 bits per heavy atom. The van der Waals surface area contributed by atoms with Crippen molar-refractivity contribution in [2.75, 3.05) is 34.4 Å². The largest absolute Gasteiger partial charge is 0.453 e. The van der Waals surface area contributed by atoms with Crippen molar-refractivity contribution >= 4 is 67.5 Å². The summed E-state index contributed by atoms with van der Waals surface area (Å²) in [6.45, 7) is 9.08. The number of carbonyl (C=O) groups is 4. The molecule has 14 nitrogen and oxygen atoms in total. The van der Waals surface area contributed by atoms with Crippen molar-refractivity contribution in [2.24, 2.45) is 11.8 Å². The Kier molecular flexibility index (Phi) is 13.4. The highest BCUT2D eigenvalue weighted by Gasteiger charge is 2.37. The highest BCUT2D eigenvalue weighted by atomic mass is 32.1. The fourth-order valence-corrected chi connectivity index (χ4v) is 10.2. The van der Waals surface area contributed by atoms with E-state index in [1.807, 2.05) is 38.8 Å². The van der Waals surface area contributed by atoms with E-state index in [4.69, 9.17) is 14.7 Å². The summed E-state index contributed by atoms with van der Waals surface area (Å²) >= 11 is 3.57. The Morgan fingerprint density at radius 2 is 1.52 bits per heavy atom. The van der Waals surface area contributed by atoms with E-state index in [2.05, 4.69) is 103 Å². The first-order valence-electron chi connectivity index (χ1n) is 20.4. The van der Waals surface area contributed by atoms with Crippen LogP contribution in [-0.4, -0.2) is 101 Å². The summed E-state index contributed by atoms with van der Waals surface area (Å²) in [6, 6.07) is 14.0. The second-order valence-corrected chi connectivity index (χ2v) is 17.7. The molecule has 8 rings (SSSR count). The molecule has 16 heteroatoms. The molecule has 0 aliphatic carbocycles. The molecular weight excluding hydrogens is 813 g/mol. The van der Waals surface area contributed by atoms with E-state index in [1.54, 1.807) is 22.7 Å². The summed E-state index contributed by atoms with van der Waals surface area (Å²) in [5.41, 5.74) is 8.82. The zero-order valence-corrected chi connectivity index (χ0v) is 37.0. The van der Waals surface area contributed by atoms with Crippen LogP contribution in [0.3, 0.4) is 0 Å². The Bertz CT molecular complexity index is 2540. The first-order valence-corrected chi connectivity index (χ1v) is 22.1. The number of thiophene rings is 2. The SMILES string of the molecule is COC(=O)NC(C(=O)N1CCCC1c1ncc(-c2ccc(-c3csc4c(-c5ccc6nc(C7C=CCN7C)[nH]c6c5)csc34)cc2)[nH]1)C(C)C.COC(=O)NC(C=O)C(C)C. The average Bonchev–Trinajstić information content (AvgIpc) is 4.12. The van der Waals surface area contributed by atoms with Crippen molar-refractivity contribution in [2.45, 2.75) is 64.7 Å². The van der Waals surface area contributed by atoms with Gasteiger partial charge in [-0.2, -0.15) is 0 Å². The second-order valence-electron chi connectivity index (χ2n) is 16.0. The highest BCUT2D eigenvalue weighted by molar-refractivity contribution is 7.27. The summed E-state index contributed by atoms with van der Waals surface area (Å²) in [5.74, 6) is 1.63. The number of aldehydes is 1. The minimum absolute atomic E-state index is 0.0830. The molecule has 2 aromatic carbocycles. The number of nitrogens with zero attached hydrogens (tertiary/aromatic N) is 4. The molecule has 2 aliphatic rings. The molecule has 61 heavy (non-hydrogen) atoms. The van der Waals surface area contributed by atoms with Gasteiger partial charge in [0.25, 0.3) is 0 Å². The molecule has 0 saturated carbocycles. The molecule has 3 amide bonds. The number of rotatable bonds is 11. The molecular formula is C45H52N8O6S2. The number of imidazole rings is 2. The van der Waals surface area contributed by atoms with Gasteiger partial charge in [-0.1, -0.05) is 70.2 Å². The van der Waals surface area contributed by atoms with Crippen LogP contribution >= 0.6 is 22.7 Å². The van der Waals surface area contributed by atoms with Crippen LogP contribution in [0.1, 0.15) is 64.3 Å². The fraction of sp³-hybridized carbons (Fsp3) is 0.378. The number of aromatic amines is 2. The van der Waals surface area contributed by atoms with Gasteiger partial charge in [0.2, 0.25) is 5.91 Å². The third kappa shape index (κ3) is 9.26. The minimum atomic E-state index is -0.664. The fourth-order valence-electron chi connectivity index (χ4n) is 7.70. The smallest absolute Gasteiger partial charge is 0.407 e. The number of nitrogens with one attached hydrogen (secondary N) is 4. The van der Waals surface area contributed by atoms with Crippen LogP contribution in [0.2, 0.25) is 0 Å². The molecule has 4 aromatic heterocycles. The van der Waals surface area contributed by atoms with Crippen LogP contribution in [0.15, 0.2) is 71.6 Å². The van der Waals surface area contributed by atoms with Gasteiger partial charge in [0.1, 0.15) is 24.0 Å². The van der Waals surface area contributed by atoms with Gasteiger partial charge in [-0.25, -0.2) is 19.6 Å². The Morgan fingerprint density at radius 1 is 0.869 bits per heavy atom. The summed E-state index contributed by atoms with van der Waals surface area (Å²) in [4.78, 5) is 67.1. The summed E-state index contributed by atoms with van der Waals surface area (Å²) in [7, 11) is 4.68. The molecule has 4 N–H and O–H groups in total. The third-order valence-electron chi connectivity index (χ3n) is 11.2. The van der Waals surface area contributed by atoms with E-state index in [0.717, 1.165) is 53.3 Å². The van der Waals surface area contributed by atoms with Gasteiger partial charge in [-0.3, -0.25) is 9.69 Å². The Hall–Kier alpha value is -5.84. The molecule has 0 bridgehead atoms. The predicted molar refractivity (Wildman–Crippen MR) is 240 cm³/mol. The lowest BCUT2D eigenvalue weighted by molar-refractivity contribution is -0.135. The zero-order valence-electron chi connectivity index (χ0n) is 35.4. The Labute approximate surface area is 362 Å². The number of hydrogen-bond donors (Lipinski definition) is 4. The van der Waals surface area contributed by atoms with Gasteiger partial charge in [-0.15, -0.1) is 22.7 Å². The molecule has 1 saturated heterocycles. The molecule has 4 unspecified atom stereocenters. The summed E-state index contributed by atoms with van der Waals surface area (Å²) in [6.07, 6.45) is 7.44. The molecule has 6 aromatic rings. The molecule has 4 atom stereocenters. The number of ether oxygens (including phenoxy) is 2. The lowest BCUT2D eigenvalue weighted by Crippen LogP contribution is -2.51. The van der Waals surface area contributed by atoms with Crippen LogP contribution in [0.25, 0.3) is 53.9 Å². The number of carbonyl (C=O) groups excluding carboxylic acids is 4. The molecule has 0 spiro atoms. The molecule has 6 heterocycles. The van der Waals surface area contributed by atoms with Crippen molar-refractivity contribution in [3.05, 3.63) is 83.2 Å². The Balaban J connectivity index is 0.000000451. The number of hydrogen-bond acceptors (Lipinski definition) is 11. The number of fused-ring (bicyclic) bond motifs is 2. The number of aromatic nitrogens is 4. The molecule has 2 aliphatic heterocycles. The number of H-pyrrole nitrogens is 2. The predicted octanol–water partition coefficient (Wildman–Crippen LogP) is 8.72. The third-order valence-corrected chi connectivity index (χ3v) is 13.4. The van der Waals surface area contributed by atoms with Crippen molar-refractivity contribution in [1.29, 1.82) is 0 Å². The maximum absolute atomic E-state index is 13.5. The first kappa shape index (κ1) is 43.3. The van der Waals surface area contributed by atoms with Gasteiger partial charge in [-0.05, 0) is 60.5 Å². The maximum Gasteiger partial charge on any atom is 0.407 e. The van der Waals surface area contributed by atoms with Crippen LogP contribution in [0.4, 0.5) is 9.59 Å². The topological polar surface area (TPSA) is 175 Å². The lowest BCUT2D eigenvalue weighted by Gasteiger charge is -2.30. The maximum atomic E-state index is 13.5. The number of methoxy groups -OCH3 is 2. The van der Waals surface area contributed by atoms with E-state index in [0.29, 0.717) is 12.8 Å². The molecule has 1 fully saturated rings. The summed E-state index contributed by atoms with van der Waals surface area (Å²) in [5, 5.41) is 9.62. The van der Waals surface area contributed by atoms with E-state index in [1.165, 1.54) is 45.9 Å². The normalized spacial score (nSPS) is 17.4. The van der Waals surface area contributed by atoms with E-state index < -0.39 is 24.3 Å². The van der Waals surface area contributed by atoms with Crippen molar-refractivity contribution in [1.82, 2.24) is 40.4 Å². The van der Waals surface area contributed by atoms with E-state index >= 15 is 0 Å². The highest BCUT2D eigenvalue weighted by Crippen LogP contribution is 2.45. The van der Waals surface area contributed by atoms with Gasteiger partial charge in [0.05, 0.1) is 64.7 Å². The van der Waals surface area contributed by atoms with Crippen molar-refractivity contribution in [3.8, 4) is 33.5 Å². The van der Waals surface area contributed by atoms with E-state index in [-0.39, 0.29) is 29.8 Å². The van der Waals surface area contributed by atoms with Gasteiger partial charge >= 0.3 is 12.2 Å². The second kappa shape index (κ2) is 18.8. The van der Waals surface area contributed by atoms with Crippen molar-refractivity contribution < 1.29 is 28.7 Å². The number of benzene rings is 2. The first-order chi connectivity index (χ1) is 29.4. The standard InChI is InChI=1S/C38H39N7O3S2.C7H13NO3/c1-21(2)32(43-38(47)48-4)37(46)45-16-6-8-31(45)35-39-18-29(42-35)23-11-9-22(10-12-23)25-19-49-34-26(20-50-33(25)34)24-13-14-27-28(17-24)41-36(40-27)30-7-5-15-44(30)3;1-5(2)6(4-9)8-7(10)11-3/h5,7,9-14,17-21,30-32H,6,8,15-16H2,1-4H3,(H,39,42)(H,40,41)(H,43,47);4-6H,1-3H3,(H,8,10). The zero-order chi connectivity index (χ0) is 43.4. The van der Waals surface area contributed by atoms with E-state index in [9.17, 15) is 19.2 Å². The van der Waals surface area contributed by atoms with Crippen LogP contribution in [0, 0.1) is 11.8 Å². The number of amides is 3. The van der Waals surface area contributed by atoms with Gasteiger partial charge in [0.15, 0.2) is 0 Å². The number of likely N-dealkylation sites (N-methyl/N-ethyl adjacent to an activating group) is 1. The van der Waals surface area contributed by atoms with Crippen LogP contribution in [0.5, 0.6) is 0 Å². The lowest BCUT2D eigenvalue weighted by atomic mass is 10.0. The number of likely N-dealkylation sites (tertiary alicyclic amines) is 1. The van der Waals surface area contributed by atoms with Gasteiger partial charge < -0.3 is 39.8 Å². The van der Waals surface area contributed by atoms with Crippen LogP contribution in [-0.2, 0) is 19.1 Å². The summed E-state index contributed by atoms with van der Waals surface area (Å²) < 4.78 is 11.7. The van der Waals surface area contributed by atoms with Gasteiger partial charge in [0, 0.05) is 35.0 Å². The average molecular weight is 865 g/mol. The molecule has 320 valence electrons. The minimum Gasteiger partial charge on any atom is -0.453 e. The van der Waals surface area contributed by atoms with Crippen molar-refractivity contribution in [3.63, 3.8) is 0 Å². The van der Waals surface area contributed by atoms with Crippen LogP contribution < -0.4 is 10.6 Å².